The van der Waals surface area contributed by atoms with Crippen molar-refractivity contribution in [1.82, 2.24) is 9.66 Å². The van der Waals surface area contributed by atoms with Crippen LogP contribution in [0.1, 0.15) is 5.69 Å². The summed E-state index contributed by atoms with van der Waals surface area (Å²) in [4.78, 5) is 27.5. The molecule has 0 aliphatic carbocycles. The van der Waals surface area contributed by atoms with Gasteiger partial charge in [0.25, 0.3) is 0 Å². The summed E-state index contributed by atoms with van der Waals surface area (Å²) in [6, 6.07) is 5.87. The predicted octanol–water partition coefficient (Wildman–Crippen LogP) is 1.53. The van der Waals surface area contributed by atoms with E-state index >= 15 is 0 Å². The average molecular weight is 300 g/mol. The third-order valence-electron chi connectivity index (χ3n) is 2.53. The van der Waals surface area contributed by atoms with Gasteiger partial charge >= 0.3 is 11.9 Å². The van der Waals surface area contributed by atoms with E-state index in [1.54, 1.807) is 12.4 Å². The summed E-state index contributed by atoms with van der Waals surface area (Å²) < 4.78 is 1.93. The maximum atomic E-state index is 9.55. The van der Waals surface area contributed by atoms with E-state index in [0.717, 1.165) is 17.1 Å². The Morgan fingerprint density at radius 2 is 1.91 bits per heavy atom. The van der Waals surface area contributed by atoms with Crippen LogP contribution in [-0.2, 0) is 9.59 Å². The molecule has 0 saturated carbocycles. The number of hydrogen-bond donors (Lipinski definition) is 3. The zero-order valence-electron chi connectivity index (χ0n) is 11.2. The van der Waals surface area contributed by atoms with Crippen molar-refractivity contribution in [3.8, 4) is 0 Å². The van der Waals surface area contributed by atoms with Crippen LogP contribution in [0.25, 0.3) is 0 Å². The fourth-order valence-corrected chi connectivity index (χ4v) is 1.59. The number of carboxylic acids is 2. The molecule has 0 spiro atoms. The van der Waals surface area contributed by atoms with E-state index in [2.05, 4.69) is 15.4 Å². The summed E-state index contributed by atoms with van der Waals surface area (Å²) in [7, 11) is 0. The van der Waals surface area contributed by atoms with Gasteiger partial charge in [0.15, 0.2) is 0 Å². The Balaban J connectivity index is 0.000000192. The maximum absolute atomic E-state index is 9.55. The number of aliphatic carboxylic acids is 2. The number of hydrogen-bond acceptors (Lipinski definition) is 5. The van der Waals surface area contributed by atoms with E-state index < -0.39 is 11.9 Å². The Morgan fingerprint density at radius 1 is 1.18 bits per heavy atom. The summed E-state index contributed by atoms with van der Waals surface area (Å²) in [6.45, 7) is 0. The molecule has 22 heavy (non-hydrogen) atoms. The first kappa shape index (κ1) is 15.0. The maximum Gasteiger partial charge on any atom is 0.328 e. The van der Waals surface area contributed by atoms with Crippen molar-refractivity contribution < 1.29 is 19.8 Å². The van der Waals surface area contributed by atoms with E-state index in [-0.39, 0.29) is 0 Å². The van der Waals surface area contributed by atoms with Gasteiger partial charge in [-0.25, -0.2) is 9.59 Å². The van der Waals surface area contributed by atoms with Crippen molar-refractivity contribution in [2.24, 2.45) is 4.99 Å². The highest BCUT2D eigenvalue weighted by molar-refractivity contribution is 5.89. The van der Waals surface area contributed by atoms with Gasteiger partial charge in [-0.05, 0) is 18.2 Å². The third-order valence-corrected chi connectivity index (χ3v) is 2.53. The summed E-state index contributed by atoms with van der Waals surface area (Å²) >= 11 is 0. The molecule has 0 aromatic carbocycles. The zero-order valence-corrected chi connectivity index (χ0v) is 11.2. The lowest BCUT2D eigenvalue weighted by Crippen LogP contribution is -2.09. The van der Waals surface area contributed by atoms with Crippen LogP contribution in [0.3, 0.4) is 0 Å². The van der Waals surface area contributed by atoms with E-state index in [9.17, 15) is 9.59 Å². The number of fused-ring (bicyclic) bond motifs is 2. The largest absolute Gasteiger partial charge is 0.478 e. The summed E-state index contributed by atoms with van der Waals surface area (Å²) in [5, 5.41) is 15.6. The molecule has 8 heteroatoms. The number of nitrogens with one attached hydrogen (secondary N) is 1. The van der Waals surface area contributed by atoms with Gasteiger partial charge in [0.1, 0.15) is 5.69 Å². The molecular formula is C14H12N4O4. The summed E-state index contributed by atoms with van der Waals surface area (Å²) in [5.41, 5.74) is 6.09. The molecule has 3 rings (SSSR count). The van der Waals surface area contributed by atoms with Crippen LogP contribution in [0.2, 0.25) is 0 Å². The second kappa shape index (κ2) is 6.84. The summed E-state index contributed by atoms with van der Waals surface area (Å²) in [5.74, 6) is -2.51. The van der Waals surface area contributed by atoms with Crippen LogP contribution in [0, 0.1) is 0 Å². The zero-order chi connectivity index (χ0) is 15.9. The number of aromatic nitrogens is 2. The first-order valence-electron chi connectivity index (χ1n) is 6.12. The van der Waals surface area contributed by atoms with Gasteiger partial charge in [0, 0.05) is 24.5 Å². The van der Waals surface area contributed by atoms with Crippen molar-refractivity contribution >= 4 is 29.5 Å². The minimum Gasteiger partial charge on any atom is -0.478 e. The summed E-state index contributed by atoms with van der Waals surface area (Å²) in [6.07, 6.45) is 8.38. The molecule has 112 valence electrons. The van der Waals surface area contributed by atoms with Gasteiger partial charge in [-0.2, -0.15) is 0 Å². The third kappa shape index (κ3) is 4.04. The van der Waals surface area contributed by atoms with Gasteiger partial charge in [-0.1, -0.05) is 0 Å². The fraction of sp³-hybridized carbons (Fsp3) is 0. The van der Waals surface area contributed by atoms with Gasteiger partial charge in [0.05, 0.1) is 23.8 Å². The molecule has 2 aromatic rings. The number of aliphatic imine (C=N–C) groups is 1. The molecule has 0 fully saturated rings. The van der Waals surface area contributed by atoms with E-state index in [4.69, 9.17) is 10.2 Å². The van der Waals surface area contributed by atoms with Crippen molar-refractivity contribution in [3.63, 3.8) is 0 Å². The topological polar surface area (TPSA) is 117 Å². The molecular weight excluding hydrogens is 288 g/mol. The molecule has 8 nitrogen and oxygen atoms in total. The molecule has 0 amide bonds. The SMILES string of the molecule is C1=Nc2cnccc2Nn2cccc21.O=C(O)/C=C\C(=O)O. The van der Waals surface area contributed by atoms with Crippen LogP contribution in [0.15, 0.2) is 53.9 Å². The number of pyridine rings is 1. The minimum absolute atomic E-state index is 0.558. The standard InChI is InChI=1S/C10H8N4.C4H4O4/c1-2-8-6-12-10-7-11-4-3-9(10)13-14(8)5-1;5-3(6)1-2-4(7)8/h1-7,13H;1-2H,(H,5,6)(H,7,8)/b;2-1-. The van der Waals surface area contributed by atoms with E-state index in [1.807, 2.05) is 35.3 Å². The monoisotopic (exact) mass is 300 g/mol. The van der Waals surface area contributed by atoms with Gasteiger partial charge in [-0.15, -0.1) is 0 Å². The molecule has 0 unspecified atom stereocenters. The highest BCUT2D eigenvalue weighted by Crippen LogP contribution is 2.25. The lowest BCUT2D eigenvalue weighted by Gasteiger charge is -2.08. The highest BCUT2D eigenvalue weighted by Gasteiger charge is 2.06. The molecule has 1 aliphatic heterocycles. The lowest BCUT2D eigenvalue weighted by atomic mass is 10.3. The van der Waals surface area contributed by atoms with E-state index in [0.29, 0.717) is 12.2 Å². The molecule has 3 heterocycles. The number of carbonyl (C=O) groups is 2. The second-order valence-electron chi connectivity index (χ2n) is 4.08. The molecule has 0 saturated heterocycles. The number of nitrogens with zero attached hydrogens (tertiary/aromatic N) is 3. The quantitative estimate of drug-likeness (QED) is 0.618. The van der Waals surface area contributed by atoms with Crippen molar-refractivity contribution in [2.45, 2.75) is 0 Å². The van der Waals surface area contributed by atoms with Crippen molar-refractivity contribution in [1.29, 1.82) is 0 Å². The molecule has 0 atom stereocenters. The minimum atomic E-state index is -1.26. The number of rotatable bonds is 2. The molecule has 3 N–H and O–H groups in total. The number of anilines is 1. The van der Waals surface area contributed by atoms with Crippen molar-refractivity contribution in [3.05, 3.63) is 54.6 Å². The highest BCUT2D eigenvalue weighted by atomic mass is 16.4. The molecule has 1 aliphatic rings. The molecule has 2 aromatic heterocycles. The van der Waals surface area contributed by atoms with Crippen LogP contribution < -0.4 is 5.43 Å². The Labute approximate surface area is 125 Å². The Morgan fingerprint density at radius 3 is 2.59 bits per heavy atom. The fourth-order valence-electron chi connectivity index (χ4n) is 1.59. The predicted molar refractivity (Wildman–Crippen MR) is 79.4 cm³/mol. The number of carboxylic acid groups (broad SMARTS) is 2. The molecule has 0 bridgehead atoms. The van der Waals surface area contributed by atoms with Gasteiger partial charge in [-0.3, -0.25) is 20.1 Å². The lowest BCUT2D eigenvalue weighted by molar-refractivity contribution is -0.134. The van der Waals surface area contributed by atoms with Crippen LogP contribution >= 0.6 is 0 Å². The smallest absolute Gasteiger partial charge is 0.328 e. The Bertz CT molecular complexity index is 733. The molecule has 0 radical (unpaired) electrons. The normalized spacial score (nSPS) is 11.5. The Kier molecular flexibility index (Phi) is 4.66. The second-order valence-corrected chi connectivity index (χ2v) is 4.08. The van der Waals surface area contributed by atoms with Crippen LogP contribution in [0.5, 0.6) is 0 Å². The first-order chi connectivity index (χ1) is 10.6. The van der Waals surface area contributed by atoms with Crippen LogP contribution in [0.4, 0.5) is 11.4 Å². The first-order valence-corrected chi connectivity index (χ1v) is 6.12. The van der Waals surface area contributed by atoms with Crippen molar-refractivity contribution in [2.75, 3.05) is 5.43 Å². The van der Waals surface area contributed by atoms with Gasteiger partial charge < -0.3 is 10.2 Å². The van der Waals surface area contributed by atoms with Crippen LogP contribution in [-0.4, -0.2) is 38.0 Å². The van der Waals surface area contributed by atoms with Gasteiger partial charge in [0.2, 0.25) is 0 Å². The van der Waals surface area contributed by atoms with E-state index in [1.165, 1.54) is 0 Å². The Hall–Kier alpha value is -3.42. The average Bonchev–Trinajstić information content (AvgIpc) is 2.85.